The number of alkyl halides is 1. The Balaban J connectivity index is 0.762. The summed E-state index contributed by atoms with van der Waals surface area (Å²) in [7, 11) is -2.46. The molecule has 2 N–H and O–H groups in total. The molecule has 3 aliphatic heterocycles. The SMILES string of the molecule is Cn1nc(N2CCC(=O)NC2=O)c2cc(F)c(C3CCC(N4CCC5(CC4)CC(n4cnc6ccc(Oc7c(F)ccc(NS(=O)(=O)N8CC[C@@H](F)C8)c7C#N)cc6c4=O)C5)CC3)cc21. The lowest BCUT2D eigenvalue weighted by Crippen LogP contribution is -2.51. The van der Waals surface area contributed by atoms with Crippen molar-refractivity contribution in [3.8, 4) is 17.6 Å². The maximum atomic E-state index is 15.8. The number of carbonyl (C=O) groups is 2. The molecule has 340 valence electrons. The van der Waals surface area contributed by atoms with E-state index in [9.17, 15) is 32.5 Å². The van der Waals surface area contributed by atoms with Crippen LogP contribution in [0.5, 0.6) is 11.5 Å². The van der Waals surface area contributed by atoms with Crippen LogP contribution in [0, 0.1) is 28.4 Å². The highest BCUT2D eigenvalue weighted by Crippen LogP contribution is 2.55. The number of nitrogens with one attached hydrogen (secondary N) is 2. The first-order valence-corrected chi connectivity index (χ1v) is 23.5. The molecule has 0 bridgehead atoms. The van der Waals surface area contributed by atoms with Crippen molar-refractivity contribution in [3.63, 3.8) is 0 Å². The van der Waals surface area contributed by atoms with Crippen molar-refractivity contribution in [1.82, 2.24) is 33.9 Å². The van der Waals surface area contributed by atoms with Crippen molar-refractivity contribution in [2.75, 3.05) is 42.3 Å². The number of aromatic nitrogens is 4. The molecular formula is C45H47F3N10O6S. The van der Waals surface area contributed by atoms with E-state index in [4.69, 9.17) is 4.74 Å². The molecule has 1 spiro atoms. The van der Waals surface area contributed by atoms with Gasteiger partial charge in [-0.1, -0.05) is 0 Å². The lowest BCUT2D eigenvalue weighted by molar-refractivity contribution is -0.120. The predicted molar refractivity (Wildman–Crippen MR) is 234 cm³/mol. The van der Waals surface area contributed by atoms with E-state index >= 15 is 8.78 Å². The molecule has 3 aromatic carbocycles. The second-order valence-corrected chi connectivity index (χ2v) is 19.9. The number of imide groups is 1. The predicted octanol–water partition coefficient (Wildman–Crippen LogP) is 6.52. The summed E-state index contributed by atoms with van der Waals surface area (Å²) in [5.74, 6) is -1.66. The summed E-state index contributed by atoms with van der Waals surface area (Å²) < 4.78 is 82.9. The highest BCUT2D eigenvalue weighted by Gasteiger charge is 2.48. The number of halogens is 3. The van der Waals surface area contributed by atoms with Gasteiger partial charge in [-0.3, -0.25) is 33.8 Å². The summed E-state index contributed by atoms with van der Waals surface area (Å²) in [5.41, 5.74) is 0.999. The van der Waals surface area contributed by atoms with Gasteiger partial charge in [-0.2, -0.15) is 23.1 Å². The number of nitrogens with zero attached hydrogens (tertiary/aromatic N) is 8. The van der Waals surface area contributed by atoms with E-state index in [2.05, 4.69) is 25.0 Å². The molecule has 2 aromatic heterocycles. The number of benzene rings is 3. The molecule has 1 atom stereocenters. The molecule has 3 saturated heterocycles. The van der Waals surface area contributed by atoms with Crippen LogP contribution in [0.15, 0.2) is 53.6 Å². The first kappa shape index (κ1) is 42.9. The van der Waals surface area contributed by atoms with Gasteiger partial charge in [-0.25, -0.2) is 22.9 Å². The fourth-order valence-corrected chi connectivity index (χ4v) is 12.0. The van der Waals surface area contributed by atoms with Gasteiger partial charge in [0.25, 0.3) is 5.56 Å². The van der Waals surface area contributed by atoms with Crippen molar-refractivity contribution < 1.29 is 35.9 Å². The number of anilines is 2. The standard InChI is InChI=1S/C45H47F3N10O6S/c1-54-39-20-31(36(48)19-33(39)42(52-54)57-15-11-40(59)51-44(57)61)26-2-4-28(5-3-26)55-16-12-45(13-17-55)21-29(22-45)58-25-50-37-8-6-30(18-32(37)43(58)60)64-41-34(23-49)38(9-7-35(41)47)53-65(62,63)56-14-10-27(46)24-56/h6-9,18-20,25-29,53H,2-5,10-17,21-22,24H2,1H3,(H,51,59,61)/t26?,27-,28?/m1/s1. The Morgan fingerprint density at radius 3 is 2.40 bits per heavy atom. The molecule has 0 unspecified atom stereocenters. The molecule has 0 radical (unpaired) electrons. The number of rotatable bonds is 9. The van der Waals surface area contributed by atoms with Crippen LogP contribution in [0.25, 0.3) is 21.8 Å². The first-order chi connectivity index (χ1) is 31.2. The zero-order chi connectivity index (χ0) is 45.4. The van der Waals surface area contributed by atoms with E-state index in [-0.39, 0.29) is 84.0 Å². The first-order valence-electron chi connectivity index (χ1n) is 22.0. The van der Waals surface area contributed by atoms with E-state index in [1.165, 1.54) is 23.1 Å². The van der Waals surface area contributed by atoms with E-state index in [0.29, 0.717) is 28.3 Å². The van der Waals surface area contributed by atoms with Crippen LogP contribution in [0.1, 0.15) is 87.3 Å². The number of nitriles is 1. The molecule has 5 heterocycles. The average molecular weight is 913 g/mol. The Morgan fingerprint density at radius 2 is 1.69 bits per heavy atom. The van der Waals surface area contributed by atoms with Gasteiger partial charge in [0.05, 0.1) is 28.4 Å². The fourth-order valence-electron chi connectivity index (χ4n) is 10.7. The summed E-state index contributed by atoms with van der Waals surface area (Å²) in [6.45, 7) is 1.71. The van der Waals surface area contributed by atoms with Gasteiger partial charge in [0, 0.05) is 50.6 Å². The number of amides is 3. The van der Waals surface area contributed by atoms with Crippen molar-refractivity contribution >= 4 is 55.5 Å². The van der Waals surface area contributed by atoms with Crippen LogP contribution in [-0.4, -0.2) is 93.8 Å². The Morgan fingerprint density at radius 1 is 0.923 bits per heavy atom. The van der Waals surface area contributed by atoms with Crippen molar-refractivity contribution in [2.45, 2.75) is 88.4 Å². The smallest absolute Gasteiger partial charge is 0.329 e. The zero-order valence-electron chi connectivity index (χ0n) is 35.6. The van der Waals surface area contributed by atoms with Gasteiger partial charge in [-0.05, 0) is 130 Å². The molecule has 2 aliphatic carbocycles. The monoisotopic (exact) mass is 912 g/mol. The average Bonchev–Trinajstić information content (AvgIpc) is 3.86. The number of piperidine rings is 1. The summed E-state index contributed by atoms with van der Waals surface area (Å²) in [6, 6.07) is 11.5. The quantitative estimate of drug-likeness (QED) is 0.165. The topological polar surface area (TPSA) is 188 Å². The molecule has 20 heteroatoms. The minimum atomic E-state index is -4.23. The van der Waals surface area contributed by atoms with E-state index in [1.54, 1.807) is 28.7 Å². The lowest BCUT2D eigenvalue weighted by Gasteiger charge is -2.54. The summed E-state index contributed by atoms with van der Waals surface area (Å²) >= 11 is 0. The van der Waals surface area contributed by atoms with Gasteiger partial charge in [-0.15, -0.1) is 0 Å². The molecule has 3 amide bonds. The number of fused-ring (bicyclic) bond motifs is 2. The Bertz CT molecular complexity index is 2970. The molecule has 5 aromatic rings. The second-order valence-electron chi connectivity index (χ2n) is 18.2. The third-order valence-corrected chi connectivity index (χ3v) is 15.9. The largest absolute Gasteiger partial charge is 0.453 e. The molecular weight excluding hydrogens is 866 g/mol. The molecule has 5 aliphatic rings. The summed E-state index contributed by atoms with van der Waals surface area (Å²) in [4.78, 5) is 46.7. The van der Waals surface area contributed by atoms with Gasteiger partial charge in [0.2, 0.25) is 5.91 Å². The van der Waals surface area contributed by atoms with Gasteiger partial charge < -0.3 is 9.64 Å². The highest BCUT2D eigenvalue weighted by molar-refractivity contribution is 7.90. The molecule has 5 fully saturated rings. The Hall–Kier alpha value is -6.04. The van der Waals surface area contributed by atoms with E-state index in [0.717, 1.165) is 86.4 Å². The Kier molecular flexibility index (Phi) is 10.8. The number of aryl methyl sites for hydroxylation is 1. The Labute approximate surface area is 372 Å². The van der Waals surface area contributed by atoms with Crippen LogP contribution in [0.4, 0.5) is 29.5 Å². The molecule has 16 nitrogen and oxygen atoms in total. The zero-order valence-corrected chi connectivity index (χ0v) is 36.4. The molecule has 2 saturated carbocycles. The number of likely N-dealkylation sites (tertiary alicyclic amines) is 1. The van der Waals surface area contributed by atoms with Crippen LogP contribution >= 0.6 is 0 Å². The number of carbonyl (C=O) groups excluding carboxylic acids is 2. The van der Waals surface area contributed by atoms with Crippen LogP contribution in [-0.2, 0) is 22.1 Å². The summed E-state index contributed by atoms with van der Waals surface area (Å²) in [6.07, 6.45) is 7.74. The van der Waals surface area contributed by atoms with Crippen LogP contribution < -0.4 is 25.2 Å². The maximum Gasteiger partial charge on any atom is 0.329 e. The van der Waals surface area contributed by atoms with Gasteiger partial charge in [0.15, 0.2) is 17.4 Å². The maximum absolute atomic E-state index is 15.8. The number of hydrogen-bond acceptors (Lipinski definition) is 10. The minimum absolute atomic E-state index is 0.0356. The third kappa shape index (κ3) is 7.86. The van der Waals surface area contributed by atoms with Crippen molar-refractivity contribution in [3.05, 3.63) is 81.9 Å². The van der Waals surface area contributed by atoms with Gasteiger partial charge >= 0.3 is 16.2 Å². The van der Waals surface area contributed by atoms with Crippen LogP contribution in [0.3, 0.4) is 0 Å². The number of ether oxygens (including phenoxy) is 1. The van der Waals surface area contributed by atoms with Crippen molar-refractivity contribution in [1.29, 1.82) is 5.26 Å². The number of hydrogen-bond donors (Lipinski definition) is 2. The normalized spacial score (nSPS) is 23.2. The van der Waals surface area contributed by atoms with E-state index in [1.807, 2.05) is 12.1 Å². The van der Waals surface area contributed by atoms with Gasteiger partial charge in [0.1, 0.15) is 29.4 Å². The summed E-state index contributed by atoms with van der Waals surface area (Å²) in [5, 5.41) is 17.6. The van der Waals surface area contributed by atoms with E-state index < -0.39 is 39.5 Å². The molecule has 65 heavy (non-hydrogen) atoms. The lowest BCUT2D eigenvalue weighted by atomic mass is 9.60. The minimum Gasteiger partial charge on any atom is -0.453 e. The number of urea groups is 1. The fraction of sp³-hybridized carbons (Fsp3) is 0.467. The third-order valence-electron chi connectivity index (χ3n) is 14.4. The molecule has 10 rings (SSSR count). The second kappa shape index (κ2) is 16.4. The highest BCUT2D eigenvalue weighted by atomic mass is 32.2. The van der Waals surface area contributed by atoms with Crippen LogP contribution in [0.2, 0.25) is 0 Å². The van der Waals surface area contributed by atoms with Crippen molar-refractivity contribution in [2.24, 2.45) is 12.5 Å².